The number of carbonyl (C=O) groups is 1. The third kappa shape index (κ3) is 3.16. The van der Waals surface area contributed by atoms with Crippen LogP contribution in [0.5, 0.6) is 0 Å². The Kier molecular flexibility index (Phi) is 3.80. The minimum Gasteiger partial charge on any atom is -0.292 e. The normalized spacial score (nSPS) is 11.7. The summed E-state index contributed by atoms with van der Waals surface area (Å²) in [6, 6.07) is 10.1. The molecule has 0 fully saturated rings. The van der Waals surface area contributed by atoms with E-state index in [1.807, 2.05) is 32.2 Å². The first kappa shape index (κ1) is 14.5. The van der Waals surface area contributed by atoms with E-state index in [0.717, 1.165) is 11.3 Å². The van der Waals surface area contributed by atoms with Gasteiger partial charge in [0, 0.05) is 13.5 Å². The quantitative estimate of drug-likeness (QED) is 0.801. The van der Waals surface area contributed by atoms with Gasteiger partial charge in [-0.1, -0.05) is 45.0 Å². The second-order valence-corrected chi connectivity index (χ2v) is 6.34. The largest absolute Gasteiger partial charge is 0.292 e. The van der Waals surface area contributed by atoms with Gasteiger partial charge in [-0.15, -0.1) is 0 Å². The molecule has 2 rings (SSSR count). The van der Waals surface area contributed by atoms with Crippen LogP contribution >= 0.6 is 0 Å². The number of ketones is 1. The number of aryl methyl sites for hydroxylation is 2. The maximum Gasteiger partial charge on any atom is 0.185 e. The van der Waals surface area contributed by atoms with Crippen molar-refractivity contribution in [3.05, 3.63) is 52.8 Å². The van der Waals surface area contributed by atoms with Crippen molar-refractivity contribution in [3.63, 3.8) is 0 Å². The highest BCUT2D eigenvalue weighted by atomic mass is 16.1. The Labute approximate surface area is 120 Å². The molecule has 106 valence electrons. The predicted octanol–water partition coefficient (Wildman–Crippen LogP) is 3.45. The first-order valence-electron chi connectivity index (χ1n) is 6.90. The summed E-state index contributed by atoms with van der Waals surface area (Å²) < 4.78 is 1.65. The molecule has 0 aliphatic rings. The van der Waals surface area contributed by atoms with Crippen LogP contribution in [0.1, 0.15) is 48.1 Å². The van der Waals surface area contributed by atoms with Gasteiger partial charge in [-0.25, -0.2) is 0 Å². The van der Waals surface area contributed by atoms with Crippen LogP contribution in [0.4, 0.5) is 0 Å². The van der Waals surface area contributed by atoms with Gasteiger partial charge in [0.25, 0.3) is 0 Å². The van der Waals surface area contributed by atoms with Crippen molar-refractivity contribution in [2.75, 3.05) is 0 Å². The summed E-state index contributed by atoms with van der Waals surface area (Å²) in [5.41, 5.74) is 4.01. The van der Waals surface area contributed by atoms with E-state index in [2.05, 4.69) is 38.0 Å². The summed E-state index contributed by atoms with van der Waals surface area (Å²) in [5.74, 6) is 0.108. The van der Waals surface area contributed by atoms with E-state index in [0.29, 0.717) is 12.1 Å². The second-order valence-electron chi connectivity index (χ2n) is 6.34. The van der Waals surface area contributed by atoms with Gasteiger partial charge in [0.05, 0.1) is 5.69 Å². The monoisotopic (exact) mass is 270 g/mol. The van der Waals surface area contributed by atoms with E-state index in [1.54, 1.807) is 4.68 Å². The smallest absolute Gasteiger partial charge is 0.185 e. The number of aromatic nitrogens is 2. The molecule has 2 aromatic rings. The number of benzene rings is 1. The molecule has 1 aromatic carbocycles. The van der Waals surface area contributed by atoms with Gasteiger partial charge in [0.15, 0.2) is 5.78 Å². The lowest BCUT2D eigenvalue weighted by molar-refractivity contribution is 0.0984. The van der Waals surface area contributed by atoms with Crippen molar-refractivity contribution >= 4 is 5.78 Å². The lowest BCUT2D eigenvalue weighted by Gasteiger charge is -2.19. The van der Waals surface area contributed by atoms with Crippen LogP contribution in [0.15, 0.2) is 30.3 Å². The molecule has 1 heterocycles. The minimum atomic E-state index is 0.108. The Balaban J connectivity index is 2.14. The molecule has 20 heavy (non-hydrogen) atoms. The van der Waals surface area contributed by atoms with Crippen molar-refractivity contribution in [1.29, 1.82) is 0 Å². The van der Waals surface area contributed by atoms with Crippen LogP contribution in [-0.4, -0.2) is 15.6 Å². The SMILES string of the molecule is Cc1cc(C(=O)Cc2ccc(C(C)(C)C)cc2)n(C)n1. The third-order valence-corrected chi connectivity index (χ3v) is 3.47. The molecule has 0 aliphatic carbocycles. The molecule has 0 unspecified atom stereocenters. The molecule has 0 radical (unpaired) electrons. The Hall–Kier alpha value is -1.90. The molecule has 0 N–H and O–H groups in total. The van der Waals surface area contributed by atoms with Crippen LogP contribution in [0.3, 0.4) is 0 Å². The molecule has 0 aliphatic heterocycles. The van der Waals surface area contributed by atoms with E-state index < -0.39 is 0 Å². The highest BCUT2D eigenvalue weighted by Gasteiger charge is 2.15. The van der Waals surface area contributed by atoms with Crippen LogP contribution in [0, 0.1) is 6.92 Å². The number of nitrogens with zero attached hydrogens (tertiary/aromatic N) is 2. The third-order valence-electron chi connectivity index (χ3n) is 3.47. The minimum absolute atomic E-state index is 0.108. The predicted molar refractivity (Wildman–Crippen MR) is 81.1 cm³/mol. The van der Waals surface area contributed by atoms with Gasteiger partial charge < -0.3 is 0 Å². The molecular weight excluding hydrogens is 248 g/mol. The number of carbonyl (C=O) groups excluding carboxylic acids is 1. The average Bonchev–Trinajstić information content (AvgIpc) is 2.68. The van der Waals surface area contributed by atoms with Gasteiger partial charge in [-0.3, -0.25) is 9.48 Å². The van der Waals surface area contributed by atoms with Crippen LogP contribution in [0.2, 0.25) is 0 Å². The average molecular weight is 270 g/mol. The number of hydrogen-bond acceptors (Lipinski definition) is 2. The highest BCUT2D eigenvalue weighted by molar-refractivity contribution is 5.96. The summed E-state index contributed by atoms with van der Waals surface area (Å²) in [5, 5.41) is 4.22. The van der Waals surface area contributed by atoms with E-state index in [4.69, 9.17) is 0 Å². The second kappa shape index (κ2) is 5.23. The molecule has 1 aromatic heterocycles. The van der Waals surface area contributed by atoms with E-state index in [1.165, 1.54) is 5.56 Å². The van der Waals surface area contributed by atoms with Crippen LogP contribution in [0.25, 0.3) is 0 Å². The molecule has 0 bridgehead atoms. The molecule has 0 saturated heterocycles. The molecule has 0 atom stereocenters. The van der Waals surface area contributed by atoms with E-state index in [-0.39, 0.29) is 11.2 Å². The lowest BCUT2D eigenvalue weighted by atomic mass is 9.86. The van der Waals surface area contributed by atoms with Gasteiger partial charge >= 0.3 is 0 Å². The number of rotatable bonds is 3. The maximum absolute atomic E-state index is 12.3. The van der Waals surface area contributed by atoms with Gasteiger partial charge in [0.2, 0.25) is 0 Å². The molecule has 3 nitrogen and oxygen atoms in total. The zero-order valence-corrected chi connectivity index (χ0v) is 12.9. The Bertz CT molecular complexity index is 615. The zero-order chi connectivity index (χ0) is 14.9. The summed E-state index contributed by atoms with van der Waals surface area (Å²) in [7, 11) is 1.81. The lowest BCUT2D eigenvalue weighted by Crippen LogP contribution is -2.12. The van der Waals surface area contributed by atoms with Crippen LogP contribution < -0.4 is 0 Å². The first-order chi connectivity index (χ1) is 9.27. The Morgan fingerprint density at radius 2 is 1.80 bits per heavy atom. The summed E-state index contributed by atoms with van der Waals surface area (Å²) >= 11 is 0. The molecular formula is C17H22N2O. The summed E-state index contributed by atoms with van der Waals surface area (Å²) in [6.45, 7) is 8.46. The maximum atomic E-state index is 12.3. The Morgan fingerprint density at radius 3 is 2.25 bits per heavy atom. The first-order valence-corrected chi connectivity index (χ1v) is 6.90. The van der Waals surface area contributed by atoms with Gasteiger partial charge in [0.1, 0.15) is 5.69 Å². The van der Waals surface area contributed by atoms with Crippen molar-refractivity contribution in [1.82, 2.24) is 9.78 Å². The summed E-state index contributed by atoms with van der Waals surface area (Å²) in [6.07, 6.45) is 0.420. The fourth-order valence-corrected chi connectivity index (χ4v) is 2.27. The van der Waals surface area contributed by atoms with E-state index in [9.17, 15) is 4.79 Å². The number of hydrogen-bond donors (Lipinski definition) is 0. The molecule has 0 spiro atoms. The van der Waals surface area contributed by atoms with Crippen molar-refractivity contribution in [2.24, 2.45) is 7.05 Å². The fourth-order valence-electron chi connectivity index (χ4n) is 2.27. The molecule has 0 amide bonds. The van der Waals surface area contributed by atoms with Crippen LogP contribution in [-0.2, 0) is 18.9 Å². The number of Topliss-reactive ketones (excluding diaryl/α,β-unsaturated/α-hetero) is 1. The highest BCUT2D eigenvalue weighted by Crippen LogP contribution is 2.22. The van der Waals surface area contributed by atoms with Gasteiger partial charge in [-0.2, -0.15) is 5.10 Å². The van der Waals surface area contributed by atoms with Crippen molar-refractivity contribution < 1.29 is 4.79 Å². The topological polar surface area (TPSA) is 34.9 Å². The summed E-state index contributed by atoms with van der Waals surface area (Å²) in [4.78, 5) is 12.3. The molecule has 0 saturated carbocycles. The molecule has 3 heteroatoms. The van der Waals surface area contributed by atoms with Crippen molar-refractivity contribution in [2.45, 2.75) is 39.5 Å². The van der Waals surface area contributed by atoms with Gasteiger partial charge in [-0.05, 0) is 29.5 Å². The fraction of sp³-hybridized carbons (Fsp3) is 0.412. The standard InChI is InChI=1S/C17H22N2O/c1-12-10-15(19(5)18-12)16(20)11-13-6-8-14(9-7-13)17(2,3)4/h6-10H,11H2,1-5H3. The zero-order valence-electron chi connectivity index (χ0n) is 12.9. The Morgan fingerprint density at radius 1 is 1.20 bits per heavy atom. The van der Waals surface area contributed by atoms with E-state index >= 15 is 0 Å². The van der Waals surface area contributed by atoms with Crippen molar-refractivity contribution in [3.8, 4) is 0 Å².